The summed E-state index contributed by atoms with van der Waals surface area (Å²) in [6, 6.07) is 15.1. The molecule has 0 bridgehead atoms. The standard InChI is InChI=1S/C21H18ClN3O2S/c1-25(2)11-16-15-5-3-4-6-18(15)27-19(16)20(26)24-21-23-17(12-28-21)13-7-9-14(22)10-8-13/h3-10,12H,11H2,1-2H3,(H,23,24,26). The molecule has 0 spiro atoms. The van der Waals surface area contributed by atoms with Gasteiger partial charge in [-0.05, 0) is 32.3 Å². The average Bonchev–Trinajstić information content (AvgIpc) is 3.27. The van der Waals surface area contributed by atoms with Gasteiger partial charge in [-0.15, -0.1) is 11.3 Å². The molecule has 2 aromatic carbocycles. The highest BCUT2D eigenvalue weighted by atomic mass is 35.5. The van der Waals surface area contributed by atoms with Crippen molar-refractivity contribution in [2.45, 2.75) is 6.54 Å². The molecule has 0 aliphatic heterocycles. The van der Waals surface area contributed by atoms with Gasteiger partial charge >= 0.3 is 0 Å². The molecular weight excluding hydrogens is 394 g/mol. The number of anilines is 1. The molecule has 0 aliphatic rings. The third kappa shape index (κ3) is 3.80. The second kappa shape index (κ2) is 7.75. The number of para-hydroxylation sites is 1. The monoisotopic (exact) mass is 411 g/mol. The number of fused-ring (bicyclic) bond motifs is 1. The Kier molecular flexibility index (Phi) is 5.17. The van der Waals surface area contributed by atoms with Gasteiger partial charge in [-0.3, -0.25) is 10.1 Å². The Bertz CT molecular complexity index is 1130. The lowest BCUT2D eigenvalue weighted by molar-refractivity contribution is 0.0996. The molecule has 4 rings (SSSR count). The Hall–Kier alpha value is -2.67. The lowest BCUT2D eigenvalue weighted by atomic mass is 10.1. The van der Waals surface area contributed by atoms with Crippen LogP contribution < -0.4 is 5.32 Å². The number of carbonyl (C=O) groups excluding carboxylic acids is 1. The van der Waals surface area contributed by atoms with Crippen LogP contribution in [0, 0.1) is 0 Å². The van der Waals surface area contributed by atoms with E-state index in [2.05, 4.69) is 10.3 Å². The summed E-state index contributed by atoms with van der Waals surface area (Å²) in [6.07, 6.45) is 0. The van der Waals surface area contributed by atoms with E-state index in [1.165, 1.54) is 11.3 Å². The fourth-order valence-electron chi connectivity index (χ4n) is 2.99. The number of hydrogen-bond donors (Lipinski definition) is 1. The molecule has 0 aliphatic carbocycles. The van der Waals surface area contributed by atoms with Gasteiger partial charge in [0.1, 0.15) is 5.58 Å². The molecule has 7 heteroatoms. The summed E-state index contributed by atoms with van der Waals surface area (Å²) >= 11 is 7.31. The van der Waals surface area contributed by atoms with Crippen molar-refractivity contribution in [2.24, 2.45) is 0 Å². The average molecular weight is 412 g/mol. The predicted molar refractivity (Wildman–Crippen MR) is 114 cm³/mol. The molecule has 0 saturated heterocycles. The topological polar surface area (TPSA) is 58.4 Å². The number of aromatic nitrogens is 1. The van der Waals surface area contributed by atoms with Crippen LogP contribution in [0.5, 0.6) is 0 Å². The number of hydrogen-bond acceptors (Lipinski definition) is 5. The third-order valence-electron chi connectivity index (χ3n) is 4.24. The van der Waals surface area contributed by atoms with Crippen molar-refractivity contribution in [3.8, 4) is 11.3 Å². The largest absolute Gasteiger partial charge is 0.451 e. The molecule has 5 nitrogen and oxygen atoms in total. The minimum absolute atomic E-state index is 0.301. The Labute approximate surface area is 171 Å². The zero-order valence-corrected chi connectivity index (χ0v) is 17.0. The van der Waals surface area contributed by atoms with Crippen molar-refractivity contribution in [1.82, 2.24) is 9.88 Å². The van der Waals surface area contributed by atoms with Gasteiger partial charge in [0.25, 0.3) is 5.91 Å². The highest BCUT2D eigenvalue weighted by molar-refractivity contribution is 7.14. The molecule has 0 fully saturated rings. The summed E-state index contributed by atoms with van der Waals surface area (Å²) in [5.41, 5.74) is 3.30. The van der Waals surface area contributed by atoms with E-state index in [0.29, 0.717) is 28.0 Å². The smallest absolute Gasteiger partial charge is 0.293 e. The van der Waals surface area contributed by atoms with Gasteiger partial charge in [0.2, 0.25) is 0 Å². The maximum absolute atomic E-state index is 12.9. The number of halogens is 1. The van der Waals surface area contributed by atoms with Crippen molar-refractivity contribution < 1.29 is 9.21 Å². The molecule has 4 aromatic rings. The van der Waals surface area contributed by atoms with Gasteiger partial charge < -0.3 is 9.32 Å². The van der Waals surface area contributed by atoms with Gasteiger partial charge in [0.15, 0.2) is 10.9 Å². The Morgan fingerprint density at radius 2 is 1.93 bits per heavy atom. The quantitative estimate of drug-likeness (QED) is 0.469. The lowest BCUT2D eigenvalue weighted by Gasteiger charge is -2.09. The van der Waals surface area contributed by atoms with Crippen molar-refractivity contribution in [2.75, 3.05) is 19.4 Å². The highest BCUT2D eigenvalue weighted by Crippen LogP contribution is 2.29. The highest BCUT2D eigenvalue weighted by Gasteiger charge is 2.22. The van der Waals surface area contributed by atoms with Gasteiger partial charge in [-0.2, -0.15) is 0 Å². The van der Waals surface area contributed by atoms with E-state index in [0.717, 1.165) is 22.2 Å². The molecule has 28 heavy (non-hydrogen) atoms. The normalized spacial score (nSPS) is 11.3. The van der Waals surface area contributed by atoms with Crippen LogP contribution in [0.1, 0.15) is 16.1 Å². The first-order valence-electron chi connectivity index (χ1n) is 8.69. The molecule has 0 saturated carbocycles. The Morgan fingerprint density at radius 3 is 2.68 bits per heavy atom. The van der Waals surface area contributed by atoms with Crippen LogP contribution in [-0.4, -0.2) is 29.9 Å². The van der Waals surface area contributed by atoms with E-state index >= 15 is 0 Å². The maximum atomic E-state index is 12.9. The Morgan fingerprint density at radius 1 is 1.18 bits per heavy atom. The van der Waals surface area contributed by atoms with Crippen molar-refractivity contribution in [3.05, 3.63) is 70.3 Å². The summed E-state index contributed by atoms with van der Waals surface area (Å²) in [7, 11) is 3.92. The number of amides is 1. The van der Waals surface area contributed by atoms with Crippen LogP contribution in [0.4, 0.5) is 5.13 Å². The van der Waals surface area contributed by atoms with E-state index in [1.807, 2.05) is 72.9 Å². The molecule has 0 radical (unpaired) electrons. The predicted octanol–water partition coefficient (Wildman–Crippen LogP) is 5.52. The minimum atomic E-state index is -0.301. The molecular formula is C21H18ClN3O2S. The number of nitrogens with zero attached hydrogens (tertiary/aromatic N) is 2. The van der Waals surface area contributed by atoms with Crippen molar-refractivity contribution >= 4 is 44.9 Å². The van der Waals surface area contributed by atoms with Gasteiger partial charge in [0.05, 0.1) is 5.69 Å². The molecule has 2 aromatic heterocycles. The molecule has 2 heterocycles. The summed E-state index contributed by atoms with van der Waals surface area (Å²) < 4.78 is 5.86. The van der Waals surface area contributed by atoms with Gasteiger partial charge in [-0.1, -0.05) is 41.9 Å². The summed E-state index contributed by atoms with van der Waals surface area (Å²) in [6.45, 7) is 0.605. The molecule has 1 N–H and O–H groups in total. The number of rotatable bonds is 5. The van der Waals surface area contributed by atoms with E-state index < -0.39 is 0 Å². The fourth-order valence-corrected chi connectivity index (χ4v) is 3.83. The lowest BCUT2D eigenvalue weighted by Crippen LogP contribution is -2.17. The second-order valence-corrected chi connectivity index (χ2v) is 7.94. The maximum Gasteiger partial charge on any atom is 0.293 e. The SMILES string of the molecule is CN(C)Cc1c(C(=O)Nc2nc(-c3ccc(Cl)cc3)cs2)oc2ccccc12. The first-order chi connectivity index (χ1) is 13.5. The van der Waals surface area contributed by atoms with Crippen LogP contribution in [0.25, 0.3) is 22.2 Å². The molecule has 0 atom stereocenters. The molecule has 0 unspecified atom stereocenters. The summed E-state index contributed by atoms with van der Waals surface area (Å²) in [5, 5.41) is 6.90. The number of carbonyl (C=O) groups is 1. The zero-order chi connectivity index (χ0) is 19.7. The minimum Gasteiger partial charge on any atom is -0.451 e. The Balaban J connectivity index is 1.61. The van der Waals surface area contributed by atoms with Crippen LogP contribution in [0.2, 0.25) is 5.02 Å². The van der Waals surface area contributed by atoms with Gasteiger partial charge in [0, 0.05) is 33.5 Å². The molecule has 1 amide bonds. The van der Waals surface area contributed by atoms with Crippen molar-refractivity contribution in [1.29, 1.82) is 0 Å². The van der Waals surface area contributed by atoms with E-state index in [1.54, 1.807) is 0 Å². The number of nitrogens with one attached hydrogen (secondary N) is 1. The number of thiazole rings is 1. The third-order valence-corrected chi connectivity index (χ3v) is 5.25. The van der Waals surface area contributed by atoms with Crippen LogP contribution in [-0.2, 0) is 6.54 Å². The van der Waals surface area contributed by atoms with Gasteiger partial charge in [-0.25, -0.2) is 4.98 Å². The van der Waals surface area contributed by atoms with E-state index in [4.69, 9.17) is 16.0 Å². The fraction of sp³-hybridized carbons (Fsp3) is 0.143. The second-order valence-electron chi connectivity index (χ2n) is 6.64. The van der Waals surface area contributed by atoms with Crippen LogP contribution in [0.15, 0.2) is 58.3 Å². The summed E-state index contributed by atoms with van der Waals surface area (Å²) in [4.78, 5) is 19.4. The van der Waals surface area contributed by atoms with Crippen molar-refractivity contribution in [3.63, 3.8) is 0 Å². The zero-order valence-electron chi connectivity index (χ0n) is 15.4. The van der Waals surface area contributed by atoms with E-state index in [9.17, 15) is 4.79 Å². The van der Waals surface area contributed by atoms with Crippen LogP contribution in [0.3, 0.4) is 0 Å². The van der Waals surface area contributed by atoms with E-state index in [-0.39, 0.29) is 5.91 Å². The van der Waals surface area contributed by atoms with Crippen LogP contribution >= 0.6 is 22.9 Å². The summed E-state index contributed by atoms with van der Waals surface area (Å²) in [5.74, 6) is 0.0169. The molecule has 142 valence electrons. The number of benzene rings is 2. The first kappa shape index (κ1) is 18.7. The number of furan rings is 1. The first-order valence-corrected chi connectivity index (χ1v) is 9.95.